The second-order valence-electron chi connectivity index (χ2n) is 8.10. The van der Waals surface area contributed by atoms with Gasteiger partial charge in [0.15, 0.2) is 0 Å². The minimum Gasteiger partial charge on any atom is -0.387 e. The SMILES string of the molecule is Cc1ccc(C(=O)N2CCC(O)(CN(C)C)C2)cc1NC(=O)C1CC=CC1. The molecule has 1 aromatic rings. The minimum absolute atomic E-state index is 0.00534. The molecule has 0 bridgehead atoms. The van der Waals surface area contributed by atoms with Crippen molar-refractivity contribution in [3.63, 3.8) is 0 Å². The van der Waals surface area contributed by atoms with Crippen LogP contribution in [0, 0.1) is 12.8 Å². The molecule has 1 aliphatic heterocycles. The van der Waals surface area contributed by atoms with Crippen LogP contribution in [0.1, 0.15) is 35.2 Å². The average molecular weight is 371 g/mol. The number of carbonyl (C=O) groups excluding carboxylic acids is 2. The number of nitrogens with zero attached hydrogens (tertiary/aromatic N) is 2. The Morgan fingerprint density at radius 3 is 2.67 bits per heavy atom. The van der Waals surface area contributed by atoms with E-state index in [2.05, 4.69) is 5.32 Å². The summed E-state index contributed by atoms with van der Waals surface area (Å²) >= 11 is 0. The Bertz CT molecular complexity index is 751. The molecule has 1 atom stereocenters. The number of benzene rings is 1. The highest BCUT2D eigenvalue weighted by Gasteiger charge is 2.38. The van der Waals surface area contributed by atoms with E-state index in [1.807, 2.05) is 44.1 Å². The highest BCUT2D eigenvalue weighted by atomic mass is 16.3. The van der Waals surface area contributed by atoms with Crippen molar-refractivity contribution in [3.8, 4) is 0 Å². The van der Waals surface area contributed by atoms with E-state index < -0.39 is 5.60 Å². The van der Waals surface area contributed by atoms with Gasteiger partial charge in [-0.1, -0.05) is 18.2 Å². The normalized spacial score (nSPS) is 22.6. The van der Waals surface area contributed by atoms with Crippen LogP contribution in [0.15, 0.2) is 30.4 Å². The molecular formula is C21H29N3O3. The van der Waals surface area contributed by atoms with Crippen molar-refractivity contribution in [2.24, 2.45) is 5.92 Å². The zero-order valence-electron chi connectivity index (χ0n) is 16.4. The van der Waals surface area contributed by atoms with Crippen molar-refractivity contribution < 1.29 is 14.7 Å². The number of carbonyl (C=O) groups is 2. The van der Waals surface area contributed by atoms with Crippen molar-refractivity contribution >= 4 is 17.5 Å². The molecule has 6 nitrogen and oxygen atoms in total. The highest BCUT2D eigenvalue weighted by molar-refractivity contribution is 5.98. The fraction of sp³-hybridized carbons (Fsp3) is 0.524. The largest absolute Gasteiger partial charge is 0.387 e. The van der Waals surface area contributed by atoms with Crippen LogP contribution in [0.5, 0.6) is 0 Å². The van der Waals surface area contributed by atoms with Crippen LogP contribution in [0.25, 0.3) is 0 Å². The van der Waals surface area contributed by atoms with Crippen LogP contribution >= 0.6 is 0 Å². The predicted octanol–water partition coefficient (Wildman–Crippen LogP) is 2.04. The van der Waals surface area contributed by atoms with Crippen LogP contribution < -0.4 is 5.32 Å². The van der Waals surface area contributed by atoms with Crippen molar-refractivity contribution in [3.05, 3.63) is 41.5 Å². The van der Waals surface area contributed by atoms with Gasteiger partial charge in [0, 0.05) is 30.3 Å². The van der Waals surface area contributed by atoms with Gasteiger partial charge in [0.05, 0.1) is 12.1 Å². The Labute approximate surface area is 160 Å². The van der Waals surface area contributed by atoms with E-state index in [1.54, 1.807) is 17.0 Å². The number of allylic oxidation sites excluding steroid dienone is 2. The first-order valence-electron chi connectivity index (χ1n) is 9.50. The van der Waals surface area contributed by atoms with Gasteiger partial charge >= 0.3 is 0 Å². The van der Waals surface area contributed by atoms with Gasteiger partial charge in [-0.3, -0.25) is 9.59 Å². The van der Waals surface area contributed by atoms with E-state index >= 15 is 0 Å². The molecule has 1 aromatic carbocycles. The summed E-state index contributed by atoms with van der Waals surface area (Å²) in [6.07, 6.45) is 6.16. The first-order chi connectivity index (χ1) is 12.8. The van der Waals surface area contributed by atoms with E-state index in [4.69, 9.17) is 0 Å². The molecule has 1 aliphatic carbocycles. The monoisotopic (exact) mass is 371 g/mol. The number of aliphatic hydroxyl groups is 1. The van der Waals surface area contributed by atoms with Gasteiger partial charge in [0.1, 0.15) is 0 Å². The molecule has 1 saturated heterocycles. The number of likely N-dealkylation sites (N-methyl/N-ethyl adjacent to an activating group) is 1. The molecule has 3 rings (SSSR count). The van der Waals surface area contributed by atoms with E-state index in [0.717, 1.165) is 18.4 Å². The molecule has 0 radical (unpaired) electrons. The Kier molecular flexibility index (Phi) is 5.67. The van der Waals surface area contributed by atoms with Gasteiger partial charge in [-0.05, 0) is 58.0 Å². The molecular weight excluding hydrogens is 342 g/mol. The summed E-state index contributed by atoms with van der Waals surface area (Å²) in [5, 5.41) is 13.6. The summed E-state index contributed by atoms with van der Waals surface area (Å²) in [5.41, 5.74) is 1.28. The third-order valence-electron chi connectivity index (χ3n) is 5.35. The van der Waals surface area contributed by atoms with Gasteiger partial charge in [0.25, 0.3) is 5.91 Å². The Balaban J connectivity index is 1.70. The average Bonchev–Trinajstić information content (AvgIpc) is 3.25. The Hall–Kier alpha value is -2.18. The molecule has 0 aromatic heterocycles. The number of aryl methyl sites for hydroxylation is 1. The van der Waals surface area contributed by atoms with Crippen molar-refractivity contribution in [2.45, 2.75) is 31.8 Å². The number of amides is 2. The zero-order chi connectivity index (χ0) is 19.6. The molecule has 1 fully saturated rings. The standard InChI is InChI=1S/C21H29N3O3/c1-15-8-9-17(12-18(15)22-19(25)16-6-4-5-7-16)20(26)24-11-10-21(27,14-24)13-23(2)3/h4-5,8-9,12,16,27H,6-7,10-11,13-14H2,1-3H3,(H,22,25). The third kappa shape index (κ3) is 4.57. The molecule has 2 aliphatic rings. The predicted molar refractivity (Wildman–Crippen MR) is 106 cm³/mol. The highest BCUT2D eigenvalue weighted by Crippen LogP contribution is 2.26. The van der Waals surface area contributed by atoms with Gasteiger partial charge in [-0.15, -0.1) is 0 Å². The fourth-order valence-electron chi connectivity index (χ4n) is 3.89. The van der Waals surface area contributed by atoms with Crippen LogP contribution in [-0.2, 0) is 4.79 Å². The molecule has 27 heavy (non-hydrogen) atoms. The maximum absolute atomic E-state index is 12.9. The Morgan fingerprint density at radius 1 is 1.30 bits per heavy atom. The molecule has 1 unspecified atom stereocenters. The van der Waals surface area contributed by atoms with Crippen molar-refractivity contribution in [2.75, 3.05) is 39.0 Å². The summed E-state index contributed by atoms with van der Waals surface area (Å²) in [5.74, 6) is -0.139. The lowest BCUT2D eigenvalue weighted by molar-refractivity contribution is -0.119. The Morgan fingerprint density at radius 2 is 2.00 bits per heavy atom. The summed E-state index contributed by atoms with van der Waals surface area (Å²) < 4.78 is 0. The smallest absolute Gasteiger partial charge is 0.254 e. The summed E-state index contributed by atoms with van der Waals surface area (Å²) in [7, 11) is 3.83. The van der Waals surface area contributed by atoms with Gasteiger partial charge in [-0.25, -0.2) is 0 Å². The molecule has 1 heterocycles. The zero-order valence-corrected chi connectivity index (χ0v) is 16.4. The lowest BCUT2D eigenvalue weighted by Crippen LogP contribution is -2.43. The van der Waals surface area contributed by atoms with Gasteiger partial charge in [-0.2, -0.15) is 0 Å². The molecule has 2 N–H and O–H groups in total. The lowest BCUT2D eigenvalue weighted by Gasteiger charge is -2.26. The first-order valence-corrected chi connectivity index (χ1v) is 9.50. The number of likely N-dealkylation sites (tertiary alicyclic amines) is 1. The maximum atomic E-state index is 12.9. The topological polar surface area (TPSA) is 72.9 Å². The van der Waals surface area contributed by atoms with E-state index in [1.165, 1.54) is 0 Å². The fourth-order valence-corrected chi connectivity index (χ4v) is 3.89. The van der Waals surface area contributed by atoms with Crippen molar-refractivity contribution in [1.29, 1.82) is 0 Å². The second kappa shape index (κ2) is 7.82. The maximum Gasteiger partial charge on any atom is 0.254 e. The summed E-state index contributed by atoms with van der Waals surface area (Å²) in [6, 6.07) is 5.40. The summed E-state index contributed by atoms with van der Waals surface area (Å²) in [6.45, 7) is 3.31. The van der Waals surface area contributed by atoms with Crippen LogP contribution in [0.2, 0.25) is 0 Å². The third-order valence-corrected chi connectivity index (χ3v) is 5.35. The molecule has 146 valence electrons. The number of anilines is 1. The number of hydrogen-bond donors (Lipinski definition) is 2. The lowest BCUT2D eigenvalue weighted by atomic mass is 10.0. The van der Waals surface area contributed by atoms with Crippen LogP contribution in [-0.4, -0.2) is 66.1 Å². The van der Waals surface area contributed by atoms with E-state index in [-0.39, 0.29) is 17.7 Å². The number of nitrogens with one attached hydrogen (secondary N) is 1. The quantitative estimate of drug-likeness (QED) is 0.777. The number of rotatable bonds is 5. The first kappa shape index (κ1) is 19.6. The van der Waals surface area contributed by atoms with E-state index in [0.29, 0.717) is 37.3 Å². The van der Waals surface area contributed by atoms with Gasteiger partial charge < -0.3 is 20.2 Å². The van der Waals surface area contributed by atoms with Gasteiger partial charge in [0.2, 0.25) is 5.91 Å². The van der Waals surface area contributed by atoms with E-state index in [9.17, 15) is 14.7 Å². The molecule has 6 heteroatoms. The number of β-amino-alcohol motifs (C(OH)–C–C–N with tert-alkyl or cyclic N) is 1. The molecule has 0 spiro atoms. The molecule has 2 amide bonds. The minimum atomic E-state index is -0.865. The van der Waals surface area contributed by atoms with Crippen LogP contribution in [0.4, 0.5) is 5.69 Å². The second-order valence-corrected chi connectivity index (χ2v) is 8.10. The number of hydrogen-bond acceptors (Lipinski definition) is 4. The summed E-state index contributed by atoms with van der Waals surface area (Å²) in [4.78, 5) is 28.9. The van der Waals surface area contributed by atoms with Crippen LogP contribution in [0.3, 0.4) is 0 Å². The van der Waals surface area contributed by atoms with Crippen molar-refractivity contribution in [1.82, 2.24) is 9.80 Å². The molecule has 0 saturated carbocycles.